The summed E-state index contributed by atoms with van der Waals surface area (Å²) in [7, 11) is 1.29. The van der Waals surface area contributed by atoms with E-state index in [-0.39, 0.29) is 5.69 Å². The van der Waals surface area contributed by atoms with E-state index in [1.165, 1.54) is 19.4 Å². The van der Waals surface area contributed by atoms with Crippen LogP contribution in [0.5, 0.6) is 5.75 Å². The van der Waals surface area contributed by atoms with Gasteiger partial charge in [-0.15, -0.1) is 0 Å². The van der Waals surface area contributed by atoms with E-state index in [0.29, 0.717) is 18.6 Å². The lowest BCUT2D eigenvalue weighted by atomic mass is 9.88. The summed E-state index contributed by atoms with van der Waals surface area (Å²) in [5.74, 6) is -0.0461. The molecule has 0 radical (unpaired) electrons. The Kier molecular flexibility index (Phi) is 4.77. The third-order valence-corrected chi connectivity index (χ3v) is 3.33. The van der Waals surface area contributed by atoms with Crippen LogP contribution in [-0.2, 0) is 9.47 Å². The van der Waals surface area contributed by atoms with Crippen molar-refractivity contribution in [3.63, 3.8) is 0 Å². The zero-order chi connectivity index (χ0) is 17.1. The summed E-state index contributed by atoms with van der Waals surface area (Å²) in [6, 6.07) is 3.14. The standard InChI is InChI=1S/C16H22N2O5/c1-15(2,3)23-14(20)18-16(8-5-9-16)22-11-6-7-12(17-10-11)13(19)21-4/h6-7,10H,5,8-9H2,1-4H3,(H,18,20). The molecule has 126 valence electrons. The molecular formula is C16H22N2O5. The van der Waals surface area contributed by atoms with Gasteiger partial charge >= 0.3 is 12.1 Å². The minimum Gasteiger partial charge on any atom is -0.466 e. The van der Waals surface area contributed by atoms with Gasteiger partial charge in [0.25, 0.3) is 0 Å². The largest absolute Gasteiger partial charge is 0.466 e. The van der Waals surface area contributed by atoms with Gasteiger partial charge in [-0.25, -0.2) is 14.6 Å². The van der Waals surface area contributed by atoms with Crippen LogP contribution in [0.25, 0.3) is 0 Å². The van der Waals surface area contributed by atoms with Crippen molar-refractivity contribution >= 4 is 12.1 Å². The number of methoxy groups -OCH3 is 1. The van der Waals surface area contributed by atoms with E-state index in [9.17, 15) is 9.59 Å². The van der Waals surface area contributed by atoms with Gasteiger partial charge in [-0.1, -0.05) is 0 Å². The topological polar surface area (TPSA) is 86.8 Å². The van der Waals surface area contributed by atoms with Gasteiger partial charge in [0.2, 0.25) is 0 Å². The lowest BCUT2D eigenvalue weighted by Crippen LogP contribution is -2.58. The summed E-state index contributed by atoms with van der Waals surface area (Å²) in [6.45, 7) is 5.41. The maximum atomic E-state index is 11.9. The van der Waals surface area contributed by atoms with Crippen molar-refractivity contribution in [1.29, 1.82) is 0 Å². The number of pyridine rings is 1. The average Bonchev–Trinajstić information content (AvgIpc) is 2.43. The van der Waals surface area contributed by atoms with Crippen molar-refractivity contribution in [2.24, 2.45) is 0 Å². The van der Waals surface area contributed by atoms with Crippen molar-refractivity contribution in [3.05, 3.63) is 24.0 Å². The molecule has 1 amide bonds. The molecule has 1 aromatic heterocycles. The highest BCUT2D eigenvalue weighted by Gasteiger charge is 2.42. The van der Waals surface area contributed by atoms with Crippen LogP contribution < -0.4 is 10.1 Å². The third-order valence-electron chi connectivity index (χ3n) is 3.33. The number of amides is 1. The summed E-state index contributed by atoms with van der Waals surface area (Å²) in [5.41, 5.74) is -1.15. The van der Waals surface area contributed by atoms with Gasteiger partial charge in [-0.3, -0.25) is 5.32 Å². The van der Waals surface area contributed by atoms with E-state index < -0.39 is 23.4 Å². The Morgan fingerprint density at radius 2 is 1.96 bits per heavy atom. The SMILES string of the molecule is COC(=O)c1ccc(OC2(NC(=O)OC(C)(C)C)CCC2)cn1. The zero-order valence-electron chi connectivity index (χ0n) is 13.8. The predicted molar refractivity (Wildman–Crippen MR) is 82.2 cm³/mol. The summed E-state index contributed by atoms with van der Waals surface area (Å²) >= 11 is 0. The highest BCUT2D eigenvalue weighted by Crippen LogP contribution is 2.34. The highest BCUT2D eigenvalue weighted by molar-refractivity contribution is 5.87. The number of ether oxygens (including phenoxy) is 3. The fourth-order valence-corrected chi connectivity index (χ4v) is 2.13. The lowest BCUT2D eigenvalue weighted by Gasteiger charge is -2.42. The molecule has 0 atom stereocenters. The summed E-state index contributed by atoms with van der Waals surface area (Å²) in [5, 5.41) is 2.78. The molecule has 0 unspecified atom stereocenters. The van der Waals surface area contributed by atoms with Crippen molar-refractivity contribution < 1.29 is 23.8 Å². The van der Waals surface area contributed by atoms with Gasteiger partial charge in [-0.05, 0) is 39.3 Å². The number of rotatable bonds is 4. The first kappa shape index (κ1) is 17.1. The van der Waals surface area contributed by atoms with Crippen molar-refractivity contribution in [2.75, 3.05) is 7.11 Å². The molecule has 1 aliphatic rings. The first-order chi connectivity index (χ1) is 10.7. The molecule has 2 rings (SSSR count). The quantitative estimate of drug-likeness (QED) is 0.677. The molecule has 0 saturated heterocycles. The van der Waals surface area contributed by atoms with Crippen LogP contribution in [0, 0.1) is 0 Å². The van der Waals surface area contributed by atoms with Crippen LogP contribution >= 0.6 is 0 Å². The molecule has 1 fully saturated rings. The van der Waals surface area contributed by atoms with Gasteiger partial charge in [0.15, 0.2) is 5.72 Å². The molecule has 0 aliphatic heterocycles. The minimum atomic E-state index is -0.781. The van der Waals surface area contributed by atoms with Gasteiger partial charge in [0.1, 0.15) is 17.0 Å². The van der Waals surface area contributed by atoms with Crippen molar-refractivity contribution in [3.8, 4) is 5.75 Å². The number of aromatic nitrogens is 1. The fraction of sp³-hybridized carbons (Fsp3) is 0.562. The zero-order valence-corrected chi connectivity index (χ0v) is 13.8. The molecule has 1 heterocycles. The van der Waals surface area contributed by atoms with Gasteiger partial charge in [0.05, 0.1) is 13.3 Å². The van der Waals surface area contributed by atoms with E-state index in [1.54, 1.807) is 26.8 Å². The number of esters is 1. The monoisotopic (exact) mass is 322 g/mol. The molecule has 1 saturated carbocycles. The average molecular weight is 322 g/mol. The normalized spacial score (nSPS) is 16.0. The van der Waals surface area contributed by atoms with E-state index >= 15 is 0 Å². The molecule has 23 heavy (non-hydrogen) atoms. The van der Waals surface area contributed by atoms with Crippen molar-refractivity contribution in [2.45, 2.75) is 51.4 Å². The number of nitrogens with one attached hydrogen (secondary N) is 1. The van der Waals surface area contributed by atoms with Crippen LogP contribution in [-0.4, -0.2) is 35.5 Å². The van der Waals surface area contributed by atoms with E-state index in [2.05, 4.69) is 15.0 Å². The summed E-state index contributed by atoms with van der Waals surface area (Å²) < 4.78 is 15.7. The van der Waals surface area contributed by atoms with E-state index in [0.717, 1.165) is 6.42 Å². The first-order valence-corrected chi connectivity index (χ1v) is 7.48. The molecule has 7 nitrogen and oxygen atoms in total. The highest BCUT2D eigenvalue weighted by atomic mass is 16.6. The predicted octanol–water partition coefficient (Wildman–Crippen LogP) is 2.65. The Hall–Kier alpha value is -2.31. The number of hydrogen-bond acceptors (Lipinski definition) is 6. The van der Waals surface area contributed by atoms with Crippen LogP contribution in [0.2, 0.25) is 0 Å². The summed E-state index contributed by atoms with van der Waals surface area (Å²) in [6.07, 6.45) is 3.24. The summed E-state index contributed by atoms with van der Waals surface area (Å²) in [4.78, 5) is 27.3. The lowest BCUT2D eigenvalue weighted by molar-refractivity contribution is -0.0460. The van der Waals surface area contributed by atoms with Crippen molar-refractivity contribution in [1.82, 2.24) is 10.3 Å². The Labute approximate surface area is 135 Å². The molecule has 1 N–H and O–H groups in total. The molecule has 7 heteroatoms. The maximum Gasteiger partial charge on any atom is 0.410 e. The molecule has 1 aliphatic carbocycles. The van der Waals surface area contributed by atoms with E-state index in [4.69, 9.17) is 9.47 Å². The number of carbonyl (C=O) groups is 2. The number of carbonyl (C=O) groups excluding carboxylic acids is 2. The maximum absolute atomic E-state index is 11.9. The molecule has 0 bridgehead atoms. The third kappa shape index (κ3) is 4.58. The minimum absolute atomic E-state index is 0.197. The number of hydrogen-bond donors (Lipinski definition) is 1. The number of alkyl carbamates (subject to hydrolysis) is 1. The van der Waals surface area contributed by atoms with E-state index in [1.807, 2.05) is 0 Å². The van der Waals surface area contributed by atoms with Crippen LogP contribution in [0.3, 0.4) is 0 Å². The van der Waals surface area contributed by atoms with Crippen LogP contribution in [0.1, 0.15) is 50.5 Å². The Bertz CT molecular complexity index is 573. The second kappa shape index (κ2) is 6.44. The number of nitrogens with zero attached hydrogens (tertiary/aromatic N) is 1. The smallest absolute Gasteiger partial charge is 0.410 e. The Balaban J connectivity index is 2.01. The van der Waals surface area contributed by atoms with Gasteiger partial charge in [-0.2, -0.15) is 0 Å². The Morgan fingerprint density at radius 3 is 2.39 bits per heavy atom. The molecule has 1 aromatic rings. The Morgan fingerprint density at radius 1 is 1.26 bits per heavy atom. The van der Waals surface area contributed by atoms with Gasteiger partial charge < -0.3 is 14.2 Å². The second-order valence-electron chi connectivity index (χ2n) is 6.45. The molecular weight excluding hydrogens is 300 g/mol. The fourth-order valence-electron chi connectivity index (χ4n) is 2.13. The van der Waals surface area contributed by atoms with Crippen LogP contribution in [0.15, 0.2) is 18.3 Å². The van der Waals surface area contributed by atoms with Crippen LogP contribution in [0.4, 0.5) is 4.79 Å². The molecule has 0 aromatic carbocycles. The van der Waals surface area contributed by atoms with Gasteiger partial charge in [0, 0.05) is 12.8 Å². The second-order valence-corrected chi connectivity index (χ2v) is 6.45. The first-order valence-electron chi connectivity index (χ1n) is 7.48. The molecule has 0 spiro atoms.